The van der Waals surface area contributed by atoms with E-state index in [0.717, 1.165) is 18.2 Å². The smallest absolute Gasteiger partial charge is 0.146 e. The van der Waals surface area contributed by atoms with E-state index in [1.54, 1.807) is 6.07 Å². The SMILES string of the molecule is N#Cc1cc(F)ccc1Oc1ccc(F)cc1Cl. The Morgan fingerprint density at radius 3 is 2.22 bits per heavy atom. The summed E-state index contributed by atoms with van der Waals surface area (Å²) in [5, 5.41) is 8.92. The number of nitrogens with zero attached hydrogens (tertiary/aromatic N) is 1. The van der Waals surface area contributed by atoms with Crippen molar-refractivity contribution in [2.24, 2.45) is 0 Å². The first-order chi connectivity index (χ1) is 8.60. The van der Waals surface area contributed by atoms with Crippen LogP contribution in [0, 0.1) is 23.0 Å². The quantitative estimate of drug-likeness (QED) is 0.812. The number of hydrogen-bond donors (Lipinski definition) is 0. The van der Waals surface area contributed by atoms with E-state index in [9.17, 15) is 8.78 Å². The van der Waals surface area contributed by atoms with Crippen LogP contribution < -0.4 is 4.74 Å². The summed E-state index contributed by atoms with van der Waals surface area (Å²) in [5.74, 6) is -0.676. The van der Waals surface area contributed by atoms with Crippen LogP contribution in [-0.4, -0.2) is 0 Å². The Morgan fingerprint density at radius 1 is 1.00 bits per heavy atom. The lowest BCUT2D eigenvalue weighted by Crippen LogP contribution is -1.90. The van der Waals surface area contributed by atoms with Crippen LogP contribution in [0.1, 0.15) is 5.56 Å². The van der Waals surface area contributed by atoms with Gasteiger partial charge in [0.2, 0.25) is 0 Å². The van der Waals surface area contributed by atoms with E-state index in [4.69, 9.17) is 21.6 Å². The zero-order valence-electron chi connectivity index (χ0n) is 8.95. The largest absolute Gasteiger partial charge is 0.454 e. The van der Waals surface area contributed by atoms with Gasteiger partial charge < -0.3 is 4.74 Å². The van der Waals surface area contributed by atoms with Crippen LogP contribution in [0.2, 0.25) is 5.02 Å². The Kier molecular flexibility index (Phi) is 3.45. The minimum atomic E-state index is -0.538. The van der Waals surface area contributed by atoms with E-state index in [1.807, 2.05) is 0 Å². The monoisotopic (exact) mass is 265 g/mol. The molecule has 0 saturated carbocycles. The average Bonchev–Trinajstić information content (AvgIpc) is 2.34. The molecule has 0 radical (unpaired) electrons. The second-order valence-electron chi connectivity index (χ2n) is 3.43. The predicted octanol–water partition coefficient (Wildman–Crippen LogP) is 4.28. The summed E-state index contributed by atoms with van der Waals surface area (Å²) in [6, 6.07) is 8.93. The lowest BCUT2D eigenvalue weighted by atomic mass is 10.2. The van der Waals surface area contributed by atoms with E-state index in [2.05, 4.69) is 0 Å². The van der Waals surface area contributed by atoms with Gasteiger partial charge in [0, 0.05) is 0 Å². The van der Waals surface area contributed by atoms with E-state index >= 15 is 0 Å². The minimum Gasteiger partial charge on any atom is -0.454 e. The Balaban J connectivity index is 2.37. The summed E-state index contributed by atoms with van der Waals surface area (Å²) in [4.78, 5) is 0. The molecule has 0 saturated heterocycles. The van der Waals surface area contributed by atoms with Crippen molar-refractivity contribution in [3.05, 3.63) is 58.6 Å². The summed E-state index contributed by atoms with van der Waals surface area (Å²) in [5.41, 5.74) is 0.0374. The number of halogens is 3. The van der Waals surface area contributed by atoms with E-state index in [-0.39, 0.29) is 22.1 Å². The summed E-state index contributed by atoms with van der Waals surface area (Å²) >= 11 is 5.78. The number of hydrogen-bond acceptors (Lipinski definition) is 2. The zero-order valence-corrected chi connectivity index (χ0v) is 9.71. The highest BCUT2D eigenvalue weighted by Gasteiger charge is 2.09. The van der Waals surface area contributed by atoms with Crippen LogP contribution in [-0.2, 0) is 0 Å². The third kappa shape index (κ3) is 2.58. The Bertz CT molecular complexity index is 637. The zero-order chi connectivity index (χ0) is 13.1. The van der Waals surface area contributed by atoms with Gasteiger partial charge in [-0.3, -0.25) is 0 Å². The molecule has 0 aliphatic heterocycles. The second kappa shape index (κ2) is 5.03. The number of nitriles is 1. The van der Waals surface area contributed by atoms with Crippen molar-refractivity contribution in [2.75, 3.05) is 0 Å². The molecule has 0 amide bonds. The molecule has 2 rings (SSSR count). The number of ether oxygens (including phenoxy) is 1. The van der Waals surface area contributed by atoms with Crippen molar-refractivity contribution in [1.82, 2.24) is 0 Å². The number of rotatable bonds is 2. The molecular weight excluding hydrogens is 260 g/mol. The van der Waals surface area contributed by atoms with Crippen molar-refractivity contribution in [3.63, 3.8) is 0 Å². The van der Waals surface area contributed by atoms with Crippen LogP contribution in [0.5, 0.6) is 11.5 Å². The Labute approximate surface area is 107 Å². The standard InChI is InChI=1S/C13H6ClF2NO/c14-11-6-10(16)2-4-13(11)18-12-3-1-9(15)5-8(12)7-17/h1-6H. The molecule has 18 heavy (non-hydrogen) atoms. The maximum atomic E-state index is 12.9. The molecule has 0 aliphatic carbocycles. The summed E-state index contributed by atoms with van der Waals surface area (Å²) in [7, 11) is 0. The van der Waals surface area contributed by atoms with Gasteiger partial charge in [0.1, 0.15) is 29.2 Å². The summed E-state index contributed by atoms with van der Waals surface area (Å²) in [6.07, 6.45) is 0. The van der Waals surface area contributed by atoms with E-state index < -0.39 is 11.6 Å². The fraction of sp³-hybridized carbons (Fsp3) is 0. The van der Waals surface area contributed by atoms with Crippen molar-refractivity contribution in [1.29, 1.82) is 5.26 Å². The highest BCUT2D eigenvalue weighted by Crippen LogP contribution is 2.31. The van der Waals surface area contributed by atoms with Gasteiger partial charge >= 0.3 is 0 Å². The molecule has 2 aromatic rings. The molecule has 5 heteroatoms. The molecule has 0 fully saturated rings. The van der Waals surface area contributed by atoms with E-state index in [1.165, 1.54) is 18.2 Å². The van der Waals surface area contributed by atoms with Gasteiger partial charge in [0.05, 0.1) is 10.6 Å². The lowest BCUT2D eigenvalue weighted by Gasteiger charge is -2.08. The number of benzene rings is 2. The molecule has 2 aromatic carbocycles. The van der Waals surface area contributed by atoms with E-state index in [0.29, 0.717) is 0 Å². The van der Waals surface area contributed by atoms with Gasteiger partial charge in [-0.1, -0.05) is 11.6 Å². The highest BCUT2D eigenvalue weighted by atomic mass is 35.5. The van der Waals surface area contributed by atoms with Gasteiger partial charge in [0.25, 0.3) is 0 Å². The summed E-state index contributed by atoms with van der Waals surface area (Å²) < 4.78 is 31.1. The average molecular weight is 266 g/mol. The second-order valence-corrected chi connectivity index (χ2v) is 3.84. The molecule has 0 unspecified atom stereocenters. The molecule has 0 atom stereocenters. The van der Waals surface area contributed by atoms with Crippen LogP contribution in [0.4, 0.5) is 8.78 Å². The molecule has 0 N–H and O–H groups in total. The van der Waals surface area contributed by atoms with Gasteiger partial charge in [-0.25, -0.2) is 8.78 Å². The fourth-order valence-corrected chi connectivity index (χ4v) is 1.56. The van der Waals surface area contributed by atoms with Gasteiger partial charge in [-0.2, -0.15) is 5.26 Å². The van der Waals surface area contributed by atoms with Crippen LogP contribution >= 0.6 is 11.6 Å². The van der Waals surface area contributed by atoms with Gasteiger partial charge in [0.15, 0.2) is 0 Å². The topological polar surface area (TPSA) is 33.0 Å². The molecule has 2 nitrogen and oxygen atoms in total. The minimum absolute atomic E-state index is 0.0374. The molecule has 0 heterocycles. The van der Waals surface area contributed by atoms with Gasteiger partial charge in [-0.15, -0.1) is 0 Å². The highest BCUT2D eigenvalue weighted by molar-refractivity contribution is 6.32. The lowest BCUT2D eigenvalue weighted by molar-refractivity contribution is 0.477. The van der Waals surface area contributed by atoms with Crippen molar-refractivity contribution in [2.45, 2.75) is 0 Å². The normalized spacial score (nSPS) is 9.89. The van der Waals surface area contributed by atoms with Crippen molar-refractivity contribution in [3.8, 4) is 17.6 Å². The molecule has 0 spiro atoms. The van der Waals surface area contributed by atoms with Crippen molar-refractivity contribution >= 4 is 11.6 Å². The molecule has 0 aliphatic rings. The predicted molar refractivity (Wildman–Crippen MR) is 62.6 cm³/mol. The Morgan fingerprint density at radius 2 is 1.61 bits per heavy atom. The van der Waals surface area contributed by atoms with Gasteiger partial charge in [-0.05, 0) is 36.4 Å². The molecule has 0 bridgehead atoms. The van der Waals surface area contributed by atoms with Crippen LogP contribution in [0.15, 0.2) is 36.4 Å². The van der Waals surface area contributed by atoms with Crippen molar-refractivity contribution < 1.29 is 13.5 Å². The molecule has 90 valence electrons. The van der Waals surface area contributed by atoms with Crippen LogP contribution in [0.3, 0.4) is 0 Å². The van der Waals surface area contributed by atoms with Crippen LogP contribution in [0.25, 0.3) is 0 Å². The fourth-order valence-electron chi connectivity index (χ4n) is 1.36. The third-order valence-electron chi connectivity index (χ3n) is 2.18. The first kappa shape index (κ1) is 12.3. The maximum absolute atomic E-state index is 12.9. The third-order valence-corrected chi connectivity index (χ3v) is 2.47. The molecule has 0 aromatic heterocycles. The maximum Gasteiger partial charge on any atom is 0.146 e. The first-order valence-corrected chi connectivity index (χ1v) is 5.30. The summed E-state index contributed by atoms with van der Waals surface area (Å²) in [6.45, 7) is 0. The molecular formula is C13H6ClF2NO. The Hall–Kier alpha value is -2.12. The first-order valence-electron chi connectivity index (χ1n) is 4.92.